The maximum absolute atomic E-state index is 12.2. The SMILES string of the molecule is CCCOc1ccc(C(C)NC(=O)CCc2c(C)noc2Cl)cc1OC. The van der Waals surface area contributed by atoms with Gasteiger partial charge in [0.15, 0.2) is 11.5 Å². The van der Waals surface area contributed by atoms with Crippen molar-refractivity contribution in [2.45, 2.75) is 46.1 Å². The maximum Gasteiger partial charge on any atom is 0.229 e. The van der Waals surface area contributed by atoms with Crippen molar-refractivity contribution in [3.63, 3.8) is 0 Å². The Morgan fingerprint density at radius 2 is 2.15 bits per heavy atom. The predicted molar refractivity (Wildman–Crippen MR) is 99.9 cm³/mol. The Balaban J connectivity index is 1.95. The average Bonchev–Trinajstić information content (AvgIpc) is 2.95. The molecule has 26 heavy (non-hydrogen) atoms. The average molecular weight is 381 g/mol. The molecule has 1 aromatic carbocycles. The minimum Gasteiger partial charge on any atom is -0.493 e. The van der Waals surface area contributed by atoms with E-state index >= 15 is 0 Å². The van der Waals surface area contributed by atoms with Crippen molar-refractivity contribution in [2.75, 3.05) is 13.7 Å². The normalized spacial score (nSPS) is 11.9. The molecule has 1 amide bonds. The van der Waals surface area contributed by atoms with Crippen molar-refractivity contribution < 1.29 is 18.8 Å². The standard InChI is InChI=1S/C19H25ClN2O4/c1-5-10-25-16-8-6-14(11-17(16)24-4)12(2)21-18(23)9-7-15-13(3)22-26-19(15)20/h6,8,11-12H,5,7,9-10H2,1-4H3,(H,21,23). The Morgan fingerprint density at radius 3 is 2.77 bits per heavy atom. The lowest BCUT2D eigenvalue weighted by molar-refractivity contribution is -0.121. The number of hydrogen-bond donors (Lipinski definition) is 1. The smallest absolute Gasteiger partial charge is 0.229 e. The number of carbonyl (C=O) groups excluding carboxylic acids is 1. The Hall–Kier alpha value is -2.21. The Bertz CT molecular complexity index is 726. The van der Waals surface area contributed by atoms with Gasteiger partial charge in [0.2, 0.25) is 11.1 Å². The van der Waals surface area contributed by atoms with Crippen LogP contribution < -0.4 is 14.8 Å². The number of methoxy groups -OCH3 is 1. The first kappa shape index (κ1) is 20.1. The van der Waals surface area contributed by atoms with Crippen LogP contribution in [0.3, 0.4) is 0 Å². The molecule has 142 valence electrons. The first-order chi connectivity index (χ1) is 12.5. The van der Waals surface area contributed by atoms with Gasteiger partial charge in [-0.25, -0.2) is 0 Å². The quantitative estimate of drug-likeness (QED) is 0.704. The summed E-state index contributed by atoms with van der Waals surface area (Å²) in [6, 6.07) is 5.53. The third kappa shape index (κ3) is 5.14. The lowest BCUT2D eigenvalue weighted by atomic mass is 10.1. The number of hydrogen-bond acceptors (Lipinski definition) is 5. The molecule has 0 aliphatic carbocycles. The molecule has 2 aromatic rings. The van der Waals surface area contributed by atoms with Gasteiger partial charge in [0.05, 0.1) is 25.5 Å². The summed E-state index contributed by atoms with van der Waals surface area (Å²) in [7, 11) is 1.60. The maximum atomic E-state index is 12.2. The molecule has 0 radical (unpaired) electrons. The first-order valence-electron chi connectivity index (χ1n) is 8.67. The van der Waals surface area contributed by atoms with E-state index in [9.17, 15) is 4.79 Å². The van der Waals surface area contributed by atoms with Gasteiger partial charge in [0.1, 0.15) is 0 Å². The molecule has 0 spiro atoms. The monoisotopic (exact) mass is 380 g/mol. The molecule has 1 heterocycles. The third-order valence-electron chi connectivity index (χ3n) is 4.07. The number of amides is 1. The fraction of sp³-hybridized carbons (Fsp3) is 0.474. The van der Waals surface area contributed by atoms with E-state index < -0.39 is 0 Å². The molecule has 2 rings (SSSR count). The summed E-state index contributed by atoms with van der Waals surface area (Å²) in [4.78, 5) is 12.2. The number of carbonyl (C=O) groups is 1. The Labute approximate surface area is 158 Å². The summed E-state index contributed by atoms with van der Waals surface area (Å²) in [5.74, 6) is 1.29. The van der Waals surface area contributed by atoms with E-state index in [1.54, 1.807) is 14.0 Å². The number of halogens is 1. The minimum atomic E-state index is -0.157. The van der Waals surface area contributed by atoms with Crippen LogP contribution >= 0.6 is 11.6 Å². The molecule has 0 bridgehead atoms. The zero-order valence-electron chi connectivity index (χ0n) is 15.6. The lowest BCUT2D eigenvalue weighted by Crippen LogP contribution is -2.26. The molecule has 0 aliphatic heterocycles. The van der Waals surface area contributed by atoms with Crippen molar-refractivity contribution in [2.24, 2.45) is 0 Å². The minimum absolute atomic E-state index is 0.0700. The van der Waals surface area contributed by atoms with Crippen LogP contribution in [0.5, 0.6) is 11.5 Å². The molecule has 0 saturated carbocycles. The zero-order valence-corrected chi connectivity index (χ0v) is 16.4. The van der Waals surface area contributed by atoms with Gasteiger partial charge in [-0.2, -0.15) is 0 Å². The number of nitrogens with zero attached hydrogens (tertiary/aromatic N) is 1. The number of aryl methyl sites for hydroxylation is 1. The number of ether oxygens (including phenoxy) is 2. The molecule has 6 nitrogen and oxygen atoms in total. The third-order valence-corrected chi connectivity index (χ3v) is 4.36. The highest BCUT2D eigenvalue weighted by molar-refractivity contribution is 6.29. The second-order valence-corrected chi connectivity index (χ2v) is 6.41. The molecular weight excluding hydrogens is 356 g/mol. The van der Waals surface area contributed by atoms with Gasteiger partial charge in [-0.3, -0.25) is 4.79 Å². The van der Waals surface area contributed by atoms with Crippen LogP contribution in [0.25, 0.3) is 0 Å². The van der Waals surface area contributed by atoms with Crippen molar-refractivity contribution in [1.29, 1.82) is 0 Å². The highest BCUT2D eigenvalue weighted by Crippen LogP contribution is 2.30. The topological polar surface area (TPSA) is 73.6 Å². The van der Waals surface area contributed by atoms with Crippen LogP contribution in [0.4, 0.5) is 0 Å². The fourth-order valence-electron chi connectivity index (χ4n) is 2.56. The van der Waals surface area contributed by atoms with Crippen LogP contribution in [0, 0.1) is 6.92 Å². The van der Waals surface area contributed by atoms with Crippen molar-refractivity contribution >= 4 is 17.5 Å². The first-order valence-corrected chi connectivity index (χ1v) is 9.04. The van der Waals surface area contributed by atoms with Gasteiger partial charge in [0.25, 0.3) is 0 Å². The molecular formula is C19H25ClN2O4. The number of aromatic nitrogens is 1. The largest absolute Gasteiger partial charge is 0.493 e. The lowest BCUT2D eigenvalue weighted by Gasteiger charge is -2.17. The van der Waals surface area contributed by atoms with Crippen molar-refractivity contribution in [3.05, 3.63) is 40.2 Å². The molecule has 7 heteroatoms. The van der Waals surface area contributed by atoms with E-state index in [1.807, 2.05) is 32.0 Å². The summed E-state index contributed by atoms with van der Waals surface area (Å²) < 4.78 is 15.9. The fourth-order valence-corrected chi connectivity index (χ4v) is 2.83. The van der Waals surface area contributed by atoms with E-state index in [0.717, 1.165) is 17.5 Å². The van der Waals surface area contributed by atoms with Crippen LogP contribution in [0.15, 0.2) is 22.7 Å². The summed E-state index contributed by atoms with van der Waals surface area (Å²) in [6.45, 7) is 6.41. The van der Waals surface area contributed by atoms with Crippen molar-refractivity contribution in [3.8, 4) is 11.5 Å². The molecule has 0 fully saturated rings. The highest BCUT2D eigenvalue weighted by Gasteiger charge is 2.16. The zero-order chi connectivity index (χ0) is 19.1. The van der Waals surface area contributed by atoms with Crippen LogP contribution in [0.2, 0.25) is 5.22 Å². The summed E-state index contributed by atoms with van der Waals surface area (Å²) in [6.07, 6.45) is 1.72. The number of rotatable bonds is 9. The van der Waals surface area contributed by atoms with Gasteiger partial charge in [-0.15, -0.1) is 0 Å². The van der Waals surface area contributed by atoms with Gasteiger partial charge < -0.3 is 19.3 Å². The highest BCUT2D eigenvalue weighted by atomic mass is 35.5. The van der Waals surface area contributed by atoms with Crippen LogP contribution in [-0.2, 0) is 11.2 Å². The van der Waals surface area contributed by atoms with Gasteiger partial charge in [0, 0.05) is 12.0 Å². The molecule has 1 unspecified atom stereocenters. The molecule has 1 aromatic heterocycles. The molecule has 1 N–H and O–H groups in total. The second kappa shape index (κ2) is 9.48. The molecule has 0 saturated heterocycles. The predicted octanol–water partition coefficient (Wildman–Crippen LogP) is 4.24. The van der Waals surface area contributed by atoms with E-state index in [-0.39, 0.29) is 17.2 Å². The van der Waals surface area contributed by atoms with E-state index in [2.05, 4.69) is 10.5 Å². The Kier molecular flexibility index (Phi) is 7.33. The van der Waals surface area contributed by atoms with E-state index in [0.29, 0.717) is 36.6 Å². The molecule has 1 atom stereocenters. The van der Waals surface area contributed by atoms with Crippen molar-refractivity contribution in [1.82, 2.24) is 10.5 Å². The van der Waals surface area contributed by atoms with Gasteiger partial charge in [-0.1, -0.05) is 18.1 Å². The number of nitrogens with one attached hydrogen (secondary N) is 1. The Morgan fingerprint density at radius 1 is 1.38 bits per heavy atom. The summed E-state index contributed by atoms with van der Waals surface area (Å²) in [5.41, 5.74) is 2.43. The van der Waals surface area contributed by atoms with Gasteiger partial charge in [-0.05, 0) is 56.0 Å². The van der Waals surface area contributed by atoms with E-state index in [4.69, 9.17) is 25.6 Å². The van der Waals surface area contributed by atoms with E-state index in [1.165, 1.54) is 0 Å². The van der Waals surface area contributed by atoms with Crippen LogP contribution in [0.1, 0.15) is 49.6 Å². The van der Waals surface area contributed by atoms with Crippen LogP contribution in [-0.4, -0.2) is 24.8 Å². The van der Waals surface area contributed by atoms with Gasteiger partial charge >= 0.3 is 0 Å². The second-order valence-electron chi connectivity index (χ2n) is 6.07. The molecule has 0 aliphatic rings. The summed E-state index contributed by atoms with van der Waals surface area (Å²) >= 11 is 5.93. The number of benzene rings is 1. The summed E-state index contributed by atoms with van der Waals surface area (Å²) in [5, 5.41) is 7.01.